The minimum atomic E-state index is -1.35. The number of carboxylic acids is 1. The number of nitriles is 1. The van der Waals surface area contributed by atoms with Crippen molar-refractivity contribution in [3.63, 3.8) is 0 Å². The number of aromatic carboxylic acids is 1. The molecule has 0 unspecified atom stereocenters. The molecule has 0 aliphatic carbocycles. The lowest BCUT2D eigenvalue weighted by Crippen LogP contribution is -2.32. The first kappa shape index (κ1) is 17.5. The number of benzene rings is 1. The predicted molar refractivity (Wildman–Crippen MR) is 86.6 cm³/mol. The summed E-state index contributed by atoms with van der Waals surface area (Å²) in [7, 11) is 0. The normalized spacial score (nSPS) is 9.88. The largest absolute Gasteiger partial charge is 0.477 e. The molecule has 1 aromatic carbocycles. The monoisotopic (exact) mass is 342 g/mol. The van der Waals surface area contributed by atoms with E-state index in [-0.39, 0.29) is 36.2 Å². The zero-order valence-electron chi connectivity index (χ0n) is 12.9. The smallest absolute Gasteiger partial charge is 0.345 e. The number of urea groups is 1. The fourth-order valence-electron chi connectivity index (χ4n) is 1.94. The molecule has 6 N–H and O–H groups in total. The molecular weight excluding hydrogens is 328 g/mol. The van der Waals surface area contributed by atoms with E-state index in [1.165, 1.54) is 6.07 Å². The second-order valence-electron chi connectivity index (χ2n) is 4.75. The Balaban J connectivity index is 2.38. The van der Waals surface area contributed by atoms with Crippen LogP contribution in [0.4, 0.5) is 10.6 Å². The van der Waals surface area contributed by atoms with Gasteiger partial charge in [-0.3, -0.25) is 0 Å². The molecule has 0 spiro atoms. The number of primary amides is 1. The molecule has 0 atom stereocenters. The number of hydrogen-bond donors (Lipinski definition) is 4. The van der Waals surface area contributed by atoms with E-state index in [1.807, 2.05) is 6.07 Å². The van der Waals surface area contributed by atoms with Gasteiger partial charge in [-0.15, -0.1) is 0 Å². The quantitative estimate of drug-likeness (QED) is 0.543. The number of nitrogen functional groups attached to an aromatic ring is 1. The van der Waals surface area contributed by atoms with Gasteiger partial charge in [0.1, 0.15) is 12.4 Å². The molecule has 1 aromatic heterocycles. The lowest BCUT2D eigenvalue weighted by Gasteiger charge is -2.12. The second-order valence-corrected chi connectivity index (χ2v) is 4.75. The molecule has 0 aliphatic rings. The summed E-state index contributed by atoms with van der Waals surface area (Å²) in [5.41, 5.74) is 11.1. The van der Waals surface area contributed by atoms with E-state index in [0.717, 1.165) is 0 Å². The van der Waals surface area contributed by atoms with Crippen molar-refractivity contribution >= 4 is 17.8 Å². The summed E-state index contributed by atoms with van der Waals surface area (Å²) < 4.78 is 5.30. The number of aromatic nitrogens is 2. The standard InChI is InChI=1S/C15H14N6O4/c16-7-8-2-1-3-9(6-8)12-20-11(17)10(14(22)23)13(21-12)25-5-4-19-15(18)24/h1-3,6H,4-5H2,(H,22,23)(H2,17,20,21)(H3,18,19,24). The van der Waals surface area contributed by atoms with Crippen LogP contribution < -0.4 is 21.5 Å². The molecule has 0 saturated carbocycles. The highest BCUT2D eigenvalue weighted by atomic mass is 16.5. The van der Waals surface area contributed by atoms with Crippen LogP contribution >= 0.6 is 0 Å². The molecule has 128 valence electrons. The Hall–Kier alpha value is -3.87. The molecule has 0 fully saturated rings. The number of ether oxygens (including phenoxy) is 1. The first-order chi connectivity index (χ1) is 11.9. The van der Waals surface area contributed by atoms with Crippen molar-refractivity contribution in [2.45, 2.75) is 0 Å². The van der Waals surface area contributed by atoms with Gasteiger partial charge >= 0.3 is 12.0 Å². The average Bonchev–Trinajstić information content (AvgIpc) is 2.57. The first-order valence-corrected chi connectivity index (χ1v) is 6.99. The van der Waals surface area contributed by atoms with Crippen molar-refractivity contribution in [2.24, 2.45) is 5.73 Å². The second kappa shape index (κ2) is 7.60. The van der Waals surface area contributed by atoms with E-state index in [0.29, 0.717) is 11.1 Å². The topological polar surface area (TPSA) is 177 Å². The van der Waals surface area contributed by atoms with Gasteiger partial charge in [0.05, 0.1) is 18.2 Å². The first-order valence-electron chi connectivity index (χ1n) is 6.99. The molecule has 0 bridgehead atoms. The molecule has 0 radical (unpaired) electrons. The van der Waals surface area contributed by atoms with E-state index in [4.69, 9.17) is 21.5 Å². The lowest BCUT2D eigenvalue weighted by atomic mass is 10.1. The Morgan fingerprint density at radius 2 is 2.12 bits per heavy atom. The molecular formula is C15H14N6O4. The van der Waals surface area contributed by atoms with E-state index in [2.05, 4.69) is 15.3 Å². The zero-order chi connectivity index (χ0) is 18.4. The number of hydrogen-bond acceptors (Lipinski definition) is 7. The number of carbonyl (C=O) groups is 2. The number of nitrogens with zero attached hydrogens (tertiary/aromatic N) is 3. The summed E-state index contributed by atoms with van der Waals surface area (Å²) >= 11 is 0. The van der Waals surface area contributed by atoms with E-state index in [1.54, 1.807) is 18.2 Å². The molecule has 0 saturated heterocycles. The molecule has 1 heterocycles. The van der Waals surface area contributed by atoms with Gasteiger partial charge in [-0.1, -0.05) is 12.1 Å². The van der Waals surface area contributed by atoms with Crippen molar-refractivity contribution in [3.8, 4) is 23.3 Å². The van der Waals surface area contributed by atoms with Crippen LogP contribution in [0.25, 0.3) is 11.4 Å². The summed E-state index contributed by atoms with van der Waals surface area (Å²) in [6.45, 7) is -0.0189. The van der Waals surface area contributed by atoms with E-state index < -0.39 is 12.0 Å². The van der Waals surface area contributed by atoms with Crippen LogP contribution in [0.1, 0.15) is 15.9 Å². The van der Waals surface area contributed by atoms with Gasteiger partial charge < -0.3 is 26.6 Å². The molecule has 10 nitrogen and oxygen atoms in total. The number of nitrogens with one attached hydrogen (secondary N) is 1. The summed E-state index contributed by atoms with van der Waals surface area (Å²) in [4.78, 5) is 30.0. The van der Waals surface area contributed by atoms with Crippen molar-refractivity contribution < 1.29 is 19.4 Å². The summed E-state index contributed by atoms with van der Waals surface area (Å²) in [6.07, 6.45) is 0. The van der Waals surface area contributed by atoms with Gasteiger partial charge in [-0.05, 0) is 12.1 Å². The van der Waals surface area contributed by atoms with Gasteiger partial charge in [0.15, 0.2) is 11.4 Å². The molecule has 0 aliphatic heterocycles. The van der Waals surface area contributed by atoms with Crippen LogP contribution in [0.15, 0.2) is 24.3 Å². The molecule has 2 amide bonds. The van der Waals surface area contributed by atoms with Crippen molar-refractivity contribution in [2.75, 3.05) is 18.9 Å². The third-order valence-corrected chi connectivity index (χ3v) is 3.01. The Morgan fingerprint density at radius 3 is 2.76 bits per heavy atom. The van der Waals surface area contributed by atoms with Gasteiger partial charge in [-0.2, -0.15) is 10.2 Å². The van der Waals surface area contributed by atoms with E-state index >= 15 is 0 Å². The zero-order valence-corrected chi connectivity index (χ0v) is 12.9. The van der Waals surface area contributed by atoms with Crippen LogP contribution in [0.3, 0.4) is 0 Å². The molecule has 25 heavy (non-hydrogen) atoms. The van der Waals surface area contributed by atoms with Gasteiger partial charge in [-0.25, -0.2) is 14.6 Å². The third kappa shape index (κ3) is 4.32. The van der Waals surface area contributed by atoms with Crippen LogP contribution in [0.2, 0.25) is 0 Å². The average molecular weight is 342 g/mol. The van der Waals surface area contributed by atoms with Crippen LogP contribution in [-0.2, 0) is 0 Å². The SMILES string of the molecule is N#Cc1cccc(-c2nc(N)c(C(=O)O)c(OCCNC(N)=O)n2)c1. The number of rotatable bonds is 6. The summed E-state index contributed by atoms with van der Waals surface area (Å²) in [6, 6.07) is 7.67. The van der Waals surface area contributed by atoms with E-state index in [9.17, 15) is 14.7 Å². The maximum absolute atomic E-state index is 11.4. The van der Waals surface area contributed by atoms with Gasteiger partial charge in [0.2, 0.25) is 5.88 Å². The Bertz CT molecular complexity index is 862. The maximum Gasteiger partial charge on any atom is 0.345 e. The molecule has 2 rings (SSSR count). The maximum atomic E-state index is 11.4. The highest BCUT2D eigenvalue weighted by Crippen LogP contribution is 2.26. The van der Waals surface area contributed by atoms with Crippen molar-refractivity contribution in [1.82, 2.24) is 15.3 Å². The van der Waals surface area contributed by atoms with Gasteiger partial charge in [0, 0.05) is 5.56 Å². The highest BCUT2D eigenvalue weighted by Gasteiger charge is 2.21. The van der Waals surface area contributed by atoms with Crippen LogP contribution in [0, 0.1) is 11.3 Å². The van der Waals surface area contributed by atoms with Crippen molar-refractivity contribution in [1.29, 1.82) is 5.26 Å². The molecule has 10 heteroatoms. The number of amides is 2. The summed E-state index contributed by atoms with van der Waals surface area (Å²) in [5.74, 6) is -1.77. The van der Waals surface area contributed by atoms with Crippen molar-refractivity contribution in [3.05, 3.63) is 35.4 Å². The lowest BCUT2D eigenvalue weighted by molar-refractivity contribution is 0.0692. The van der Waals surface area contributed by atoms with Gasteiger partial charge in [0.25, 0.3) is 0 Å². The minimum Gasteiger partial charge on any atom is -0.477 e. The highest BCUT2D eigenvalue weighted by molar-refractivity contribution is 5.95. The Kier molecular flexibility index (Phi) is 5.32. The fourth-order valence-corrected chi connectivity index (χ4v) is 1.94. The van der Waals surface area contributed by atoms with Crippen LogP contribution in [-0.4, -0.2) is 40.2 Å². The number of anilines is 1. The third-order valence-electron chi connectivity index (χ3n) is 3.01. The number of nitrogens with two attached hydrogens (primary N) is 2. The fraction of sp³-hybridized carbons (Fsp3) is 0.133. The minimum absolute atomic E-state index is 0.0531. The summed E-state index contributed by atoms with van der Waals surface area (Å²) in [5, 5.41) is 20.5. The predicted octanol–water partition coefficient (Wildman–Crippen LogP) is 0.343. The Labute approximate surface area is 142 Å². The Morgan fingerprint density at radius 1 is 1.36 bits per heavy atom. The number of carbonyl (C=O) groups excluding carboxylic acids is 1. The molecule has 2 aromatic rings. The van der Waals surface area contributed by atoms with Crippen LogP contribution in [0.5, 0.6) is 5.88 Å². The number of carboxylic acid groups (broad SMARTS) is 1.